The van der Waals surface area contributed by atoms with Crippen LogP contribution in [0.3, 0.4) is 0 Å². The van der Waals surface area contributed by atoms with Gasteiger partial charge in [-0.05, 0) is 68.3 Å². The molecule has 0 aliphatic carbocycles. The number of unbranched alkanes of at least 4 members (excludes halogenated alkanes) is 1. The second-order valence-electron chi connectivity index (χ2n) is 7.34. The van der Waals surface area contributed by atoms with Crippen molar-refractivity contribution in [3.63, 3.8) is 0 Å². The fraction of sp³-hybridized carbons (Fsp3) is 0.320. The van der Waals surface area contributed by atoms with Gasteiger partial charge < -0.3 is 14.2 Å². The summed E-state index contributed by atoms with van der Waals surface area (Å²) in [6, 6.07) is 13.2. The van der Waals surface area contributed by atoms with Crippen LogP contribution in [0.5, 0.6) is 17.2 Å². The maximum Gasteiger partial charge on any atom is 0.291 e. The molecule has 172 valence electrons. The maximum absolute atomic E-state index is 12.9. The van der Waals surface area contributed by atoms with Crippen molar-refractivity contribution >= 4 is 22.4 Å². The molecular formula is C25H27N3O4S. The molecule has 7 nitrogen and oxygen atoms in total. The van der Waals surface area contributed by atoms with E-state index in [9.17, 15) is 4.79 Å². The number of aromatic nitrogens is 3. The minimum absolute atomic E-state index is 0.194. The Kier molecular flexibility index (Phi) is 7.24. The highest BCUT2D eigenvalue weighted by atomic mass is 32.1. The van der Waals surface area contributed by atoms with Crippen molar-refractivity contribution in [2.45, 2.75) is 33.6 Å². The van der Waals surface area contributed by atoms with E-state index in [-0.39, 0.29) is 5.56 Å². The molecule has 0 saturated heterocycles. The first kappa shape index (κ1) is 22.8. The van der Waals surface area contributed by atoms with Crippen LogP contribution < -0.4 is 24.3 Å². The van der Waals surface area contributed by atoms with Gasteiger partial charge in [-0.15, -0.1) is 5.10 Å². The lowest BCUT2D eigenvalue weighted by Crippen LogP contribution is -2.23. The van der Waals surface area contributed by atoms with E-state index in [1.165, 1.54) is 15.9 Å². The number of rotatable bonds is 10. The van der Waals surface area contributed by atoms with Gasteiger partial charge in [-0.1, -0.05) is 30.7 Å². The lowest BCUT2D eigenvalue weighted by Gasteiger charge is -2.12. The molecular weight excluding hydrogens is 438 g/mol. The predicted molar refractivity (Wildman–Crippen MR) is 131 cm³/mol. The number of hydrogen-bond donors (Lipinski definition) is 0. The number of hydrogen-bond acceptors (Lipinski definition) is 7. The zero-order chi connectivity index (χ0) is 23.2. The summed E-state index contributed by atoms with van der Waals surface area (Å²) in [5.41, 5.74) is 1.50. The van der Waals surface area contributed by atoms with Crippen molar-refractivity contribution in [1.29, 1.82) is 0 Å². The normalized spacial score (nSPS) is 11.8. The quantitative estimate of drug-likeness (QED) is 0.324. The second kappa shape index (κ2) is 10.5. The molecule has 0 saturated carbocycles. The van der Waals surface area contributed by atoms with Crippen molar-refractivity contribution in [2.75, 3.05) is 19.8 Å². The van der Waals surface area contributed by atoms with E-state index >= 15 is 0 Å². The van der Waals surface area contributed by atoms with Crippen LogP contribution in [0.1, 0.15) is 39.2 Å². The molecule has 33 heavy (non-hydrogen) atoms. The van der Waals surface area contributed by atoms with Crippen LogP contribution in [-0.4, -0.2) is 34.4 Å². The summed E-state index contributed by atoms with van der Waals surface area (Å²) in [5.74, 6) is 2.69. The zero-order valence-corrected chi connectivity index (χ0v) is 19.9. The molecule has 0 aliphatic rings. The van der Waals surface area contributed by atoms with Gasteiger partial charge in [0.1, 0.15) is 5.75 Å². The van der Waals surface area contributed by atoms with Gasteiger partial charge in [0.15, 0.2) is 17.3 Å². The first-order valence-electron chi connectivity index (χ1n) is 11.2. The lowest BCUT2D eigenvalue weighted by atomic mass is 10.2. The van der Waals surface area contributed by atoms with Gasteiger partial charge in [-0.2, -0.15) is 9.50 Å². The molecule has 0 bridgehead atoms. The zero-order valence-electron chi connectivity index (χ0n) is 19.0. The van der Waals surface area contributed by atoms with Crippen molar-refractivity contribution in [3.8, 4) is 28.6 Å². The topological polar surface area (TPSA) is 75.0 Å². The van der Waals surface area contributed by atoms with Crippen LogP contribution in [-0.2, 0) is 0 Å². The SMILES string of the molecule is CCCCOc1ccc(/C=c2\sc3nc(-c4ccc(OCC)cc4)nn3c2=O)cc1OCC. The Bertz CT molecular complexity index is 1330. The number of ether oxygens (including phenoxy) is 3. The molecule has 0 radical (unpaired) electrons. The van der Waals surface area contributed by atoms with Crippen molar-refractivity contribution < 1.29 is 14.2 Å². The summed E-state index contributed by atoms with van der Waals surface area (Å²) < 4.78 is 19.0. The standard InChI is InChI=1S/C25H27N3O4S/c1-4-7-14-32-20-13-8-17(15-21(20)31-6-3)16-22-24(29)28-25(33-22)26-23(27-28)18-9-11-19(12-10-18)30-5-2/h8-13,15-16H,4-7,14H2,1-3H3/b22-16-. The molecule has 4 aromatic rings. The van der Waals surface area contributed by atoms with Crippen molar-refractivity contribution in [1.82, 2.24) is 14.6 Å². The number of nitrogens with zero attached hydrogens (tertiary/aromatic N) is 3. The van der Waals surface area contributed by atoms with Crippen LogP contribution in [0.15, 0.2) is 47.3 Å². The van der Waals surface area contributed by atoms with Gasteiger partial charge in [-0.25, -0.2) is 0 Å². The molecule has 0 fully saturated rings. The summed E-state index contributed by atoms with van der Waals surface area (Å²) in [7, 11) is 0. The van der Waals surface area contributed by atoms with Crippen LogP contribution in [0.2, 0.25) is 0 Å². The third-order valence-electron chi connectivity index (χ3n) is 4.93. The Balaban J connectivity index is 1.62. The Morgan fingerprint density at radius 2 is 1.76 bits per heavy atom. The van der Waals surface area contributed by atoms with Crippen LogP contribution in [0.4, 0.5) is 0 Å². The fourth-order valence-corrected chi connectivity index (χ4v) is 4.21. The van der Waals surface area contributed by atoms with Crippen LogP contribution in [0.25, 0.3) is 22.4 Å². The second-order valence-corrected chi connectivity index (χ2v) is 8.35. The van der Waals surface area contributed by atoms with E-state index in [2.05, 4.69) is 17.0 Å². The van der Waals surface area contributed by atoms with E-state index in [0.29, 0.717) is 46.6 Å². The highest BCUT2D eigenvalue weighted by Gasteiger charge is 2.13. The van der Waals surface area contributed by atoms with Gasteiger partial charge >= 0.3 is 0 Å². The third-order valence-corrected chi connectivity index (χ3v) is 5.89. The first-order valence-corrected chi connectivity index (χ1v) is 12.0. The summed E-state index contributed by atoms with van der Waals surface area (Å²) in [6.45, 7) is 7.79. The van der Waals surface area contributed by atoms with E-state index in [0.717, 1.165) is 29.7 Å². The van der Waals surface area contributed by atoms with E-state index in [1.54, 1.807) is 0 Å². The summed E-state index contributed by atoms with van der Waals surface area (Å²) in [4.78, 5) is 18.0. The minimum Gasteiger partial charge on any atom is -0.494 e. The van der Waals surface area contributed by atoms with E-state index in [1.807, 2.05) is 62.4 Å². The van der Waals surface area contributed by atoms with Crippen molar-refractivity contribution in [3.05, 3.63) is 62.9 Å². The molecule has 2 heterocycles. The highest BCUT2D eigenvalue weighted by molar-refractivity contribution is 7.15. The smallest absolute Gasteiger partial charge is 0.291 e. The van der Waals surface area contributed by atoms with E-state index in [4.69, 9.17) is 14.2 Å². The van der Waals surface area contributed by atoms with Gasteiger partial charge in [-0.3, -0.25) is 4.79 Å². The summed E-state index contributed by atoms with van der Waals surface area (Å²) in [5, 5.41) is 4.42. The molecule has 8 heteroatoms. The number of thiazole rings is 1. The van der Waals surface area contributed by atoms with Gasteiger partial charge in [0.2, 0.25) is 4.96 Å². The Labute approximate surface area is 196 Å². The highest BCUT2D eigenvalue weighted by Crippen LogP contribution is 2.29. The van der Waals surface area contributed by atoms with Crippen LogP contribution >= 0.6 is 11.3 Å². The largest absolute Gasteiger partial charge is 0.494 e. The number of fused-ring (bicyclic) bond motifs is 1. The van der Waals surface area contributed by atoms with Gasteiger partial charge in [0.05, 0.1) is 24.4 Å². The van der Waals surface area contributed by atoms with E-state index < -0.39 is 0 Å². The molecule has 2 aromatic heterocycles. The van der Waals surface area contributed by atoms with Crippen molar-refractivity contribution in [2.24, 2.45) is 0 Å². The first-order chi connectivity index (χ1) is 16.1. The molecule has 4 rings (SSSR count). The Hall–Kier alpha value is -3.39. The molecule has 0 aliphatic heterocycles. The molecule has 0 unspecified atom stereocenters. The molecule has 0 N–H and O–H groups in total. The molecule has 0 spiro atoms. The monoisotopic (exact) mass is 465 g/mol. The average Bonchev–Trinajstić information content (AvgIpc) is 3.36. The molecule has 0 amide bonds. The van der Waals surface area contributed by atoms with Gasteiger partial charge in [0, 0.05) is 5.56 Å². The molecule has 2 aromatic carbocycles. The minimum atomic E-state index is -0.194. The average molecular weight is 466 g/mol. The Morgan fingerprint density at radius 1 is 0.970 bits per heavy atom. The predicted octanol–water partition coefficient (Wildman–Crippen LogP) is 4.34. The maximum atomic E-state index is 12.9. The fourth-order valence-electron chi connectivity index (χ4n) is 3.30. The third kappa shape index (κ3) is 5.17. The summed E-state index contributed by atoms with van der Waals surface area (Å²) >= 11 is 1.31. The van der Waals surface area contributed by atoms with Crippen LogP contribution in [0, 0.1) is 0 Å². The summed E-state index contributed by atoms with van der Waals surface area (Å²) in [6.07, 6.45) is 3.88. The lowest BCUT2D eigenvalue weighted by molar-refractivity contribution is 0.272. The van der Waals surface area contributed by atoms with Gasteiger partial charge in [0.25, 0.3) is 5.56 Å². The number of benzene rings is 2. The Morgan fingerprint density at radius 3 is 2.45 bits per heavy atom. The molecule has 0 atom stereocenters.